The molecule has 0 aromatic heterocycles. The highest BCUT2D eigenvalue weighted by Crippen LogP contribution is 2.35. The maximum Gasteiger partial charge on any atom is 0.0511 e. The number of hydrogen-bond acceptors (Lipinski definition) is 2. The van der Waals surface area contributed by atoms with Crippen LogP contribution in [0.1, 0.15) is 18.0 Å². The Morgan fingerprint density at radius 1 is 1.53 bits per heavy atom. The third kappa shape index (κ3) is 2.21. The van der Waals surface area contributed by atoms with Crippen molar-refractivity contribution in [2.24, 2.45) is 5.73 Å². The van der Waals surface area contributed by atoms with Crippen LogP contribution in [-0.2, 0) is 0 Å². The Hall–Kier alpha value is -0.0900. The number of nitrogens with two attached hydrogens (primary N) is 1. The fraction of sp³-hybridized carbons (Fsp3) is 0.455. The predicted octanol–water partition coefficient (Wildman–Crippen LogP) is 2.81. The van der Waals surface area contributed by atoms with E-state index in [4.69, 9.17) is 17.3 Å². The predicted molar refractivity (Wildman–Crippen MR) is 67.1 cm³/mol. The largest absolute Gasteiger partial charge is 0.326 e. The molecule has 0 aliphatic carbocycles. The number of halogens is 2. The molecule has 2 unspecified atom stereocenters. The monoisotopic (exact) mass is 288 g/mol. The Balaban J connectivity index is 2.36. The second-order valence-corrected chi connectivity index (χ2v) is 5.37. The van der Waals surface area contributed by atoms with Gasteiger partial charge in [-0.3, -0.25) is 4.90 Å². The SMILES string of the molecule is CN1CCC(N)C1c1ccc(Br)cc1Cl. The Morgan fingerprint density at radius 2 is 2.27 bits per heavy atom. The molecular formula is C11H14BrClN2. The van der Waals surface area contributed by atoms with Crippen LogP contribution in [0.3, 0.4) is 0 Å². The molecule has 2 N–H and O–H groups in total. The van der Waals surface area contributed by atoms with Gasteiger partial charge in [-0.25, -0.2) is 0 Å². The summed E-state index contributed by atoms with van der Waals surface area (Å²) >= 11 is 9.63. The Bertz CT molecular complexity index is 360. The maximum absolute atomic E-state index is 6.23. The van der Waals surface area contributed by atoms with E-state index in [1.54, 1.807) is 0 Å². The van der Waals surface area contributed by atoms with Crippen molar-refractivity contribution in [1.29, 1.82) is 0 Å². The normalized spacial score (nSPS) is 27.2. The lowest BCUT2D eigenvalue weighted by atomic mass is 10.0. The molecule has 0 spiro atoms. The second-order valence-electron chi connectivity index (χ2n) is 4.04. The lowest BCUT2D eigenvalue weighted by Gasteiger charge is -2.24. The van der Waals surface area contributed by atoms with Crippen molar-refractivity contribution in [3.05, 3.63) is 33.3 Å². The van der Waals surface area contributed by atoms with E-state index in [1.165, 1.54) is 0 Å². The lowest BCUT2D eigenvalue weighted by molar-refractivity contribution is 0.304. The summed E-state index contributed by atoms with van der Waals surface area (Å²) in [5.74, 6) is 0. The van der Waals surface area contributed by atoms with Gasteiger partial charge in [0.15, 0.2) is 0 Å². The standard InChI is InChI=1S/C11H14BrClN2/c1-15-5-4-10(14)11(15)8-3-2-7(12)6-9(8)13/h2-3,6,10-11H,4-5,14H2,1H3. The van der Waals surface area contributed by atoms with Gasteiger partial charge in [0.25, 0.3) is 0 Å². The average Bonchev–Trinajstić information content (AvgIpc) is 2.48. The number of hydrogen-bond donors (Lipinski definition) is 1. The first-order valence-electron chi connectivity index (χ1n) is 5.00. The zero-order chi connectivity index (χ0) is 11.0. The summed E-state index contributed by atoms with van der Waals surface area (Å²) < 4.78 is 1.01. The van der Waals surface area contributed by atoms with E-state index in [-0.39, 0.29) is 12.1 Å². The minimum absolute atomic E-state index is 0.189. The molecule has 2 atom stereocenters. The van der Waals surface area contributed by atoms with Crippen molar-refractivity contribution in [1.82, 2.24) is 4.90 Å². The van der Waals surface area contributed by atoms with Crippen LogP contribution in [0.15, 0.2) is 22.7 Å². The molecule has 4 heteroatoms. The molecule has 0 radical (unpaired) electrons. The van der Waals surface area contributed by atoms with Crippen molar-refractivity contribution >= 4 is 27.5 Å². The molecule has 1 saturated heterocycles. The third-order valence-corrected chi connectivity index (χ3v) is 3.80. The van der Waals surface area contributed by atoms with Crippen LogP contribution in [0.4, 0.5) is 0 Å². The summed E-state index contributed by atoms with van der Waals surface area (Å²) in [6.45, 7) is 1.04. The van der Waals surface area contributed by atoms with E-state index in [1.807, 2.05) is 12.1 Å². The Kier molecular flexibility index (Phi) is 3.36. The zero-order valence-corrected chi connectivity index (χ0v) is 10.9. The number of nitrogens with zero attached hydrogens (tertiary/aromatic N) is 1. The van der Waals surface area contributed by atoms with Gasteiger partial charge in [-0.2, -0.15) is 0 Å². The summed E-state index contributed by atoms with van der Waals surface area (Å²) in [5.41, 5.74) is 7.23. The Labute approximate surface area is 104 Å². The molecule has 1 heterocycles. The highest BCUT2D eigenvalue weighted by atomic mass is 79.9. The van der Waals surface area contributed by atoms with Crippen molar-refractivity contribution < 1.29 is 0 Å². The summed E-state index contributed by atoms with van der Waals surface area (Å²) in [6, 6.07) is 6.44. The van der Waals surface area contributed by atoms with Gasteiger partial charge < -0.3 is 5.73 Å². The van der Waals surface area contributed by atoms with Gasteiger partial charge in [0.2, 0.25) is 0 Å². The highest BCUT2D eigenvalue weighted by Gasteiger charge is 2.31. The van der Waals surface area contributed by atoms with E-state index in [2.05, 4.69) is 33.9 Å². The first kappa shape index (κ1) is 11.4. The molecule has 1 aliphatic heterocycles. The van der Waals surface area contributed by atoms with Crippen LogP contribution < -0.4 is 5.73 Å². The lowest BCUT2D eigenvalue weighted by Crippen LogP contribution is -2.29. The van der Waals surface area contributed by atoms with Crippen LogP contribution in [0.2, 0.25) is 5.02 Å². The average molecular weight is 290 g/mol. The molecule has 2 nitrogen and oxygen atoms in total. The van der Waals surface area contributed by atoms with Crippen molar-refractivity contribution in [2.45, 2.75) is 18.5 Å². The zero-order valence-electron chi connectivity index (χ0n) is 8.58. The molecule has 15 heavy (non-hydrogen) atoms. The second kappa shape index (κ2) is 4.42. The van der Waals surface area contributed by atoms with E-state index in [9.17, 15) is 0 Å². The fourth-order valence-corrected chi connectivity index (χ4v) is 2.97. The molecule has 1 fully saturated rings. The number of rotatable bonds is 1. The highest BCUT2D eigenvalue weighted by molar-refractivity contribution is 9.10. The number of likely N-dealkylation sites (N-methyl/N-ethyl adjacent to an activating group) is 1. The minimum atomic E-state index is 0.189. The van der Waals surface area contributed by atoms with Crippen LogP contribution in [0.5, 0.6) is 0 Å². The Morgan fingerprint density at radius 3 is 2.80 bits per heavy atom. The van der Waals surface area contributed by atoms with Crippen molar-refractivity contribution in [2.75, 3.05) is 13.6 Å². The molecule has 1 aliphatic rings. The van der Waals surface area contributed by atoms with E-state index in [0.29, 0.717) is 0 Å². The van der Waals surface area contributed by atoms with Gasteiger partial charge in [0.05, 0.1) is 6.04 Å². The molecular weight excluding hydrogens is 275 g/mol. The molecule has 1 aromatic rings. The molecule has 0 bridgehead atoms. The van der Waals surface area contributed by atoms with E-state index < -0.39 is 0 Å². The van der Waals surface area contributed by atoms with Crippen molar-refractivity contribution in [3.63, 3.8) is 0 Å². The van der Waals surface area contributed by atoms with E-state index in [0.717, 1.165) is 28.0 Å². The summed E-state index contributed by atoms with van der Waals surface area (Å²) in [7, 11) is 2.09. The van der Waals surface area contributed by atoms with Gasteiger partial charge in [-0.05, 0) is 31.2 Å². The summed E-state index contributed by atoms with van der Waals surface area (Å²) in [4.78, 5) is 2.26. The molecule has 82 valence electrons. The quantitative estimate of drug-likeness (QED) is 0.861. The number of likely N-dealkylation sites (tertiary alicyclic amines) is 1. The molecule has 2 rings (SSSR count). The maximum atomic E-state index is 6.23. The summed E-state index contributed by atoms with van der Waals surface area (Å²) in [6.07, 6.45) is 1.04. The topological polar surface area (TPSA) is 29.3 Å². The first-order valence-corrected chi connectivity index (χ1v) is 6.17. The molecule has 0 amide bonds. The van der Waals surface area contributed by atoms with Gasteiger partial charge in [0, 0.05) is 22.1 Å². The smallest absolute Gasteiger partial charge is 0.0511 e. The molecule has 0 saturated carbocycles. The van der Waals surface area contributed by atoms with Crippen LogP contribution in [0, 0.1) is 0 Å². The minimum Gasteiger partial charge on any atom is -0.326 e. The van der Waals surface area contributed by atoms with Gasteiger partial charge in [-0.1, -0.05) is 33.6 Å². The van der Waals surface area contributed by atoms with Crippen LogP contribution in [0.25, 0.3) is 0 Å². The fourth-order valence-electron chi connectivity index (χ4n) is 2.19. The third-order valence-electron chi connectivity index (χ3n) is 2.98. The first-order chi connectivity index (χ1) is 7.09. The van der Waals surface area contributed by atoms with Crippen molar-refractivity contribution in [3.8, 4) is 0 Å². The van der Waals surface area contributed by atoms with Gasteiger partial charge in [-0.15, -0.1) is 0 Å². The molecule has 1 aromatic carbocycles. The van der Waals surface area contributed by atoms with Crippen LogP contribution in [-0.4, -0.2) is 24.5 Å². The van der Waals surface area contributed by atoms with Gasteiger partial charge in [0.1, 0.15) is 0 Å². The van der Waals surface area contributed by atoms with E-state index >= 15 is 0 Å². The van der Waals surface area contributed by atoms with Crippen LogP contribution >= 0.6 is 27.5 Å². The summed E-state index contributed by atoms with van der Waals surface area (Å²) in [5, 5.41) is 0.790. The van der Waals surface area contributed by atoms with Gasteiger partial charge >= 0.3 is 0 Å². The number of benzene rings is 1.